The molecule has 0 aromatic heterocycles. The molecule has 124 valence electrons. The lowest BCUT2D eigenvalue weighted by molar-refractivity contribution is -0.131. The lowest BCUT2D eigenvalue weighted by atomic mass is 10.3. The molecule has 23 heavy (non-hydrogen) atoms. The van der Waals surface area contributed by atoms with E-state index in [9.17, 15) is 13.2 Å². The van der Waals surface area contributed by atoms with Crippen molar-refractivity contribution in [3.8, 4) is 6.07 Å². The van der Waals surface area contributed by atoms with E-state index in [2.05, 4.69) is 9.62 Å². The highest BCUT2D eigenvalue weighted by Crippen LogP contribution is 2.07. The zero-order chi connectivity index (χ0) is 16.7. The number of carbonyl (C=O) groups is 1. The van der Waals surface area contributed by atoms with Crippen LogP contribution in [0.5, 0.6) is 0 Å². The lowest BCUT2D eigenvalue weighted by Gasteiger charge is -2.34. The normalized spacial score (nSPS) is 16.0. The third kappa shape index (κ3) is 5.03. The van der Waals surface area contributed by atoms with E-state index in [-0.39, 0.29) is 17.2 Å². The summed E-state index contributed by atoms with van der Waals surface area (Å²) in [5, 5.41) is 8.53. The highest BCUT2D eigenvalue weighted by atomic mass is 32.2. The van der Waals surface area contributed by atoms with Gasteiger partial charge in [-0.05, 0) is 12.1 Å². The second-order valence-electron chi connectivity index (χ2n) is 5.27. The van der Waals surface area contributed by atoms with Gasteiger partial charge in [0.05, 0.1) is 11.0 Å². The van der Waals surface area contributed by atoms with E-state index in [4.69, 9.17) is 5.26 Å². The summed E-state index contributed by atoms with van der Waals surface area (Å²) in [6.45, 7) is 3.43. The number of piperazine rings is 1. The molecule has 1 aliphatic heterocycles. The van der Waals surface area contributed by atoms with Crippen molar-refractivity contribution < 1.29 is 13.2 Å². The summed E-state index contributed by atoms with van der Waals surface area (Å²) in [5.74, 6) is -0.142. The van der Waals surface area contributed by atoms with Gasteiger partial charge in [0.25, 0.3) is 0 Å². The van der Waals surface area contributed by atoms with Gasteiger partial charge in [-0.25, -0.2) is 13.1 Å². The van der Waals surface area contributed by atoms with Crippen LogP contribution in [0, 0.1) is 11.3 Å². The number of nitrogens with zero attached hydrogens (tertiary/aromatic N) is 3. The standard InChI is InChI=1S/C15H20N4O3S/c16-7-6-15(20)19-12-10-18(11-13-19)9-8-17-23(21,22)14-4-2-1-3-5-14/h1-5,17H,6,8-13H2. The molecule has 0 bridgehead atoms. The molecule has 0 unspecified atom stereocenters. The summed E-state index contributed by atoms with van der Waals surface area (Å²) in [4.78, 5) is 15.6. The summed E-state index contributed by atoms with van der Waals surface area (Å²) < 4.78 is 26.7. The van der Waals surface area contributed by atoms with Crippen molar-refractivity contribution in [3.05, 3.63) is 30.3 Å². The summed E-state index contributed by atoms with van der Waals surface area (Å²) in [6.07, 6.45) is -0.0864. The van der Waals surface area contributed by atoms with Crippen molar-refractivity contribution in [2.24, 2.45) is 0 Å². The van der Waals surface area contributed by atoms with Crippen LogP contribution in [0.3, 0.4) is 0 Å². The molecular formula is C15H20N4O3S. The first kappa shape index (κ1) is 17.4. The molecule has 1 heterocycles. The van der Waals surface area contributed by atoms with Gasteiger partial charge in [0.2, 0.25) is 15.9 Å². The molecular weight excluding hydrogens is 316 g/mol. The van der Waals surface area contributed by atoms with Crippen molar-refractivity contribution in [1.29, 1.82) is 5.26 Å². The largest absolute Gasteiger partial charge is 0.339 e. The van der Waals surface area contributed by atoms with Gasteiger partial charge >= 0.3 is 0 Å². The molecule has 7 nitrogen and oxygen atoms in total. The van der Waals surface area contributed by atoms with Gasteiger partial charge in [-0.1, -0.05) is 18.2 Å². The van der Waals surface area contributed by atoms with E-state index in [1.807, 2.05) is 6.07 Å². The SMILES string of the molecule is N#CCC(=O)N1CCN(CCNS(=O)(=O)c2ccccc2)CC1. The summed E-state index contributed by atoms with van der Waals surface area (Å²) >= 11 is 0. The number of amides is 1. The number of hydrogen-bond acceptors (Lipinski definition) is 5. The first-order valence-corrected chi connectivity index (χ1v) is 8.93. The van der Waals surface area contributed by atoms with Gasteiger partial charge < -0.3 is 4.90 Å². The summed E-state index contributed by atoms with van der Waals surface area (Å²) in [6, 6.07) is 10.1. The molecule has 1 amide bonds. The fourth-order valence-corrected chi connectivity index (χ4v) is 3.46. The maximum atomic E-state index is 12.1. The van der Waals surface area contributed by atoms with Crippen molar-refractivity contribution in [2.45, 2.75) is 11.3 Å². The highest BCUT2D eigenvalue weighted by Gasteiger charge is 2.21. The molecule has 0 aliphatic carbocycles. The molecule has 0 saturated carbocycles. The number of hydrogen-bond donors (Lipinski definition) is 1. The minimum Gasteiger partial charge on any atom is -0.339 e. The van der Waals surface area contributed by atoms with Gasteiger partial charge in [-0.2, -0.15) is 5.26 Å². The monoisotopic (exact) mass is 336 g/mol. The zero-order valence-corrected chi connectivity index (χ0v) is 13.6. The van der Waals surface area contributed by atoms with Gasteiger partial charge in [0.1, 0.15) is 6.42 Å². The third-order valence-corrected chi connectivity index (χ3v) is 5.21. The van der Waals surface area contributed by atoms with Crippen LogP contribution >= 0.6 is 0 Å². The Morgan fingerprint density at radius 3 is 2.43 bits per heavy atom. The molecule has 1 N–H and O–H groups in total. The molecule has 0 atom stereocenters. The van der Waals surface area contributed by atoms with Crippen LogP contribution < -0.4 is 4.72 Å². The summed E-state index contributed by atoms with van der Waals surface area (Å²) in [7, 11) is -3.47. The van der Waals surface area contributed by atoms with Crippen LogP contribution in [0.4, 0.5) is 0 Å². The molecule has 0 spiro atoms. The predicted octanol–water partition coefficient (Wildman–Crippen LogP) is 0.0228. The van der Waals surface area contributed by atoms with E-state index in [0.29, 0.717) is 39.3 Å². The lowest BCUT2D eigenvalue weighted by Crippen LogP contribution is -2.50. The van der Waals surface area contributed by atoms with Crippen molar-refractivity contribution >= 4 is 15.9 Å². The van der Waals surface area contributed by atoms with E-state index >= 15 is 0 Å². The fraction of sp³-hybridized carbons (Fsp3) is 0.467. The quantitative estimate of drug-likeness (QED) is 0.791. The van der Waals surface area contributed by atoms with Crippen molar-refractivity contribution in [2.75, 3.05) is 39.3 Å². The topological polar surface area (TPSA) is 93.5 Å². The van der Waals surface area contributed by atoms with E-state index in [0.717, 1.165) is 0 Å². The van der Waals surface area contributed by atoms with E-state index in [1.54, 1.807) is 35.2 Å². The van der Waals surface area contributed by atoms with Gasteiger partial charge in [-0.15, -0.1) is 0 Å². The summed E-state index contributed by atoms with van der Waals surface area (Å²) in [5.41, 5.74) is 0. The van der Waals surface area contributed by atoms with Gasteiger partial charge in [0.15, 0.2) is 0 Å². The Hall–Kier alpha value is -1.95. The van der Waals surface area contributed by atoms with Crippen LogP contribution in [0.2, 0.25) is 0 Å². The number of carbonyl (C=O) groups excluding carboxylic acids is 1. The van der Waals surface area contributed by atoms with E-state index in [1.165, 1.54) is 0 Å². The molecule has 1 aromatic carbocycles. The van der Waals surface area contributed by atoms with Crippen LogP contribution in [-0.2, 0) is 14.8 Å². The second-order valence-corrected chi connectivity index (χ2v) is 7.04. The van der Waals surface area contributed by atoms with Crippen LogP contribution in [0.15, 0.2) is 35.2 Å². The van der Waals surface area contributed by atoms with Crippen LogP contribution in [0.25, 0.3) is 0 Å². The minimum absolute atomic E-state index is 0.0864. The predicted molar refractivity (Wildman–Crippen MR) is 84.9 cm³/mol. The van der Waals surface area contributed by atoms with Crippen molar-refractivity contribution in [1.82, 2.24) is 14.5 Å². The molecule has 0 radical (unpaired) electrons. The Morgan fingerprint density at radius 2 is 1.83 bits per heavy atom. The third-order valence-electron chi connectivity index (χ3n) is 3.73. The van der Waals surface area contributed by atoms with Crippen molar-refractivity contribution in [3.63, 3.8) is 0 Å². The average Bonchev–Trinajstić information content (AvgIpc) is 2.56. The first-order valence-electron chi connectivity index (χ1n) is 7.45. The maximum Gasteiger partial charge on any atom is 0.240 e. The molecule has 2 rings (SSSR count). The van der Waals surface area contributed by atoms with E-state index < -0.39 is 10.0 Å². The molecule has 1 fully saturated rings. The first-order chi connectivity index (χ1) is 11.0. The minimum atomic E-state index is -3.47. The number of nitrogens with one attached hydrogen (secondary N) is 1. The second kappa shape index (κ2) is 8.06. The molecule has 1 saturated heterocycles. The smallest absolute Gasteiger partial charge is 0.240 e. The Bertz CT molecular complexity index is 662. The Kier molecular flexibility index (Phi) is 6.10. The fourth-order valence-electron chi connectivity index (χ4n) is 2.42. The average molecular weight is 336 g/mol. The highest BCUT2D eigenvalue weighted by molar-refractivity contribution is 7.89. The zero-order valence-electron chi connectivity index (χ0n) is 12.8. The molecule has 1 aromatic rings. The van der Waals surface area contributed by atoms with Gasteiger partial charge in [-0.3, -0.25) is 9.69 Å². The Morgan fingerprint density at radius 1 is 1.17 bits per heavy atom. The Labute approximate surface area is 136 Å². The van der Waals surface area contributed by atoms with Crippen LogP contribution in [0.1, 0.15) is 6.42 Å². The number of nitriles is 1. The van der Waals surface area contributed by atoms with Gasteiger partial charge in [0, 0.05) is 39.3 Å². The number of sulfonamides is 1. The number of rotatable bonds is 6. The molecule has 8 heteroatoms. The molecule has 1 aliphatic rings. The Balaban J connectivity index is 1.74. The maximum absolute atomic E-state index is 12.1. The van der Waals surface area contributed by atoms with Crippen LogP contribution in [-0.4, -0.2) is 63.4 Å². The number of benzene rings is 1.